The SMILES string of the molecule is CCc1ccc(N(CC)c2ncnc3c2nc2n3CCCCC2)cc1. The van der Waals surface area contributed by atoms with E-state index in [0.717, 1.165) is 54.4 Å². The largest absolute Gasteiger partial charge is 0.325 e. The molecule has 130 valence electrons. The van der Waals surface area contributed by atoms with E-state index < -0.39 is 0 Å². The molecule has 0 aliphatic carbocycles. The summed E-state index contributed by atoms with van der Waals surface area (Å²) in [4.78, 5) is 16.3. The van der Waals surface area contributed by atoms with E-state index in [0.29, 0.717) is 0 Å². The monoisotopic (exact) mass is 335 g/mol. The summed E-state index contributed by atoms with van der Waals surface area (Å²) >= 11 is 0. The van der Waals surface area contributed by atoms with E-state index in [1.54, 1.807) is 6.33 Å². The van der Waals surface area contributed by atoms with Crippen LogP contribution in [0.25, 0.3) is 11.2 Å². The smallest absolute Gasteiger partial charge is 0.165 e. The zero-order chi connectivity index (χ0) is 17.2. The van der Waals surface area contributed by atoms with Crippen molar-refractivity contribution in [2.75, 3.05) is 11.4 Å². The van der Waals surface area contributed by atoms with Gasteiger partial charge < -0.3 is 9.47 Å². The minimum Gasteiger partial charge on any atom is -0.325 e. The van der Waals surface area contributed by atoms with Crippen LogP contribution in [0.5, 0.6) is 0 Å². The summed E-state index contributed by atoms with van der Waals surface area (Å²) in [6.45, 7) is 6.20. The van der Waals surface area contributed by atoms with Gasteiger partial charge >= 0.3 is 0 Å². The summed E-state index contributed by atoms with van der Waals surface area (Å²) in [5, 5.41) is 0. The number of fused-ring (bicyclic) bond motifs is 3. The van der Waals surface area contributed by atoms with Crippen molar-refractivity contribution in [2.45, 2.75) is 52.5 Å². The predicted molar refractivity (Wildman–Crippen MR) is 101 cm³/mol. The fraction of sp³-hybridized carbons (Fsp3) is 0.450. The van der Waals surface area contributed by atoms with Gasteiger partial charge in [0.2, 0.25) is 0 Å². The average molecular weight is 335 g/mol. The number of anilines is 2. The lowest BCUT2D eigenvalue weighted by atomic mass is 10.1. The van der Waals surface area contributed by atoms with Gasteiger partial charge in [-0.2, -0.15) is 0 Å². The molecule has 3 aromatic rings. The third kappa shape index (κ3) is 2.88. The Kier molecular flexibility index (Phi) is 4.38. The molecular formula is C20H25N5. The van der Waals surface area contributed by atoms with Crippen LogP contribution in [0.4, 0.5) is 11.5 Å². The topological polar surface area (TPSA) is 46.8 Å². The molecule has 3 heterocycles. The van der Waals surface area contributed by atoms with E-state index >= 15 is 0 Å². The van der Waals surface area contributed by atoms with Crippen molar-refractivity contribution < 1.29 is 0 Å². The van der Waals surface area contributed by atoms with Crippen molar-refractivity contribution in [3.63, 3.8) is 0 Å². The Morgan fingerprint density at radius 3 is 2.64 bits per heavy atom. The van der Waals surface area contributed by atoms with Crippen LogP contribution in [0.15, 0.2) is 30.6 Å². The molecule has 4 rings (SSSR count). The van der Waals surface area contributed by atoms with Crippen molar-refractivity contribution in [2.24, 2.45) is 0 Å². The number of imidazole rings is 1. The quantitative estimate of drug-likeness (QED) is 0.714. The first-order chi connectivity index (χ1) is 12.3. The zero-order valence-corrected chi connectivity index (χ0v) is 15.1. The molecule has 25 heavy (non-hydrogen) atoms. The molecular weight excluding hydrogens is 310 g/mol. The van der Waals surface area contributed by atoms with Crippen LogP contribution in [-0.4, -0.2) is 26.1 Å². The van der Waals surface area contributed by atoms with Crippen molar-refractivity contribution in [1.29, 1.82) is 0 Å². The maximum Gasteiger partial charge on any atom is 0.165 e. The van der Waals surface area contributed by atoms with E-state index in [4.69, 9.17) is 4.98 Å². The Morgan fingerprint density at radius 1 is 1.04 bits per heavy atom. The molecule has 0 bridgehead atoms. The summed E-state index contributed by atoms with van der Waals surface area (Å²) in [5.74, 6) is 2.07. The maximum atomic E-state index is 4.94. The number of rotatable bonds is 4. The second-order valence-electron chi connectivity index (χ2n) is 6.62. The minimum absolute atomic E-state index is 0.847. The van der Waals surface area contributed by atoms with Gasteiger partial charge in [-0.3, -0.25) is 0 Å². The van der Waals surface area contributed by atoms with Crippen LogP contribution < -0.4 is 4.90 Å². The van der Waals surface area contributed by atoms with E-state index in [1.807, 2.05) is 0 Å². The number of hydrogen-bond acceptors (Lipinski definition) is 4. The standard InChI is InChI=1S/C20H25N5/c1-3-15-9-11-16(12-10-15)24(4-2)19-18-20(22-14-21-19)25-13-7-5-6-8-17(25)23-18/h9-12,14H,3-8,13H2,1-2H3. The Bertz CT molecular complexity index is 866. The molecule has 1 aliphatic heterocycles. The highest BCUT2D eigenvalue weighted by Gasteiger charge is 2.20. The number of aromatic nitrogens is 4. The molecule has 0 saturated carbocycles. The fourth-order valence-corrected chi connectivity index (χ4v) is 3.69. The fourth-order valence-electron chi connectivity index (χ4n) is 3.69. The normalized spacial score (nSPS) is 14.3. The molecule has 0 saturated heterocycles. The van der Waals surface area contributed by atoms with Gasteiger partial charge in [0.25, 0.3) is 0 Å². The van der Waals surface area contributed by atoms with Crippen LogP contribution in [0.3, 0.4) is 0 Å². The molecule has 1 aliphatic rings. The third-order valence-corrected chi connectivity index (χ3v) is 5.10. The first-order valence-electron chi connectivity index (χ1n) is 9.38. The second kappa shape index (κ2) is 6.82. The number of hydrogen-bond donors (Lipinski definition) is 0. The number of benzene rings is 1. The zero-order valence-electron chi connectivity index (χ0n) is 15.1. The summed E-state index contributed by atoms with van der Waals surface area (Å²) in [5.41, 5.74) is 4.41. The minimum atomic E-state index is 0.847. The Labute approximate surface area is 148 Å². The molecule has 0 atom stereocenters. The molecule has 0 amide bonds. The van der Waals surface area contributed by atoms with Crippen molar-refractivity contribution >= 4 is 22.7 Å². The third-order valence-electron chi connectivity index (χ3n) is 5.10. The molecule has 1 aromatic carbocycles. The van der Waals surface area contributed by atoms with E-state index in [1.165, 1.54) is 24.8 Å². The first kappa shape index (κ1) is 16.1. The van der Waals surface area contributed by atoms with Crippen molar-refractivity contribution in [3.8, 4) is 0 Å². The highest BCUT2D eigenvalue weighted by atomic mass is 15.2. The molecule has 0 fully saturated rings. The lowest BCUT2D eigenvalue weighted by Crippen LogP contribution is -2.18. The van der Waals surface area contributed by atoms with Crippen LogP contribution in [0.2, 0.25) is 0 Å². The van der Waals surface area contributed by atoms with Gasteiger partial charge in [0, 0.05) is 25.2 Å². The summed E-state index contributed by atoms with van der Waals surface area (Å²) in [6, 6.07) is 8.74. The van der Waals surface area contributed by atoms with Gasteiger partial charge in [0.15, 0.2) is 17.0 Å². The second-order valence-corrected chi connectivity index (χ2v) is 6.62. The van der Waals surface area contributed by atoms with Gasteiger partial charge in [-0.25, -0.2) is 15.0 Å². The van der Waals surface area contributed by atoms with Crippen LogP contribution >= 0.6 is 0 Å². The lowest BCUT2D eigenvalue weighted by Gasteiger charge is -2.22. The Morgan fingerprint density at radius 2 is 1.88 bits per heavy atom. The molecule has 0 radical (unpaired) electrons. The molecule has 0 unspecified atom stereocenters. The predicted octanol–water partition coefficient (Wildman–Crippen LogP) is 4.27. The van der Waals surface area contributed by atoms with Crippen molar-refractivity contribution in [3.05, 3.63) is 42.0 Å². The van der Waals surface area contributed by atoms with Crippen LogP contribution in [0.1, 0.15) is 44.5 Å². The molecule has 5 nitrogen and oxygen atoms in total. The van der Waals surface area contributed by atoms with Gasteiger partial charge in [-0.05, 0) is 43.9 Å². The number of nitrogens with zero attached hydrogens (tertiary/aromatic N) is 5. The van der Waals surface area contributed by atoms with Gasteiger partial charge in [0.05, 0.1) is 0 Å². The van der Waals surface area contributed by atoms with Gasteiger partial charge in [-0.15, -0.1) is 0 Å². The first-order valence-corrected chi connectivity index (χ1v) is 9.38. The van der Waals surface area contributed by atoms with Gasteiger partial charge in [-0.1, -0.05) is 25.5 Å². The lowest BCUT2D eigenvalue weighted by molar-refractivity contribution is 0.643. The summed E-state index contributed by atoms with van der Waals surface area (Å²) in [7, 11) is 0. The van der Waals surface area contributed by atoms with E-state index in [2.05, 4.69) is 57.5 Å². The van der Waals surface area contributed by atoms with Crippen LogP contribution in [0, 0.1) is 0 Å². The molecule has 2 aromatic heterocycles. The van der Waals surface area contributed by atoms with Crippen LogP contribution in [-0.2, 0) is 19.4 Å². The summed E-state index contributed by atoms with van der Waals surface area (Å²) in [6.07, 6.45) is 7.45. The van der Waals surface area contributed by atoms with Gasteiger partial charge in [0.1, 0.15) is 12.2 Å². The number of aryl methyl sites for hydroxylation is 3. The Hall–Kier alpha value is -2.43. The van der Waals surface area contributed by atoms with E-state index in [-0.39, 0.29) is 0 Å². The molecule has 5 heteroatoms. The highest BCUT2D eigenvalue weighted by Crippen LogP contribution is 2.30. The Balaban J connectivity index is 1.81. The molecule has 0 spiro atoms. The maximum absolute atomic E-state index is 4.94. The highest BCUT2D eigenvalue weighted by molar-refractivity contribution is 5.86. The summed E-state index contributed by atoms with van der Waals surface area (Å²) < 4.78 is 2.29. The molecule has 0 N–H and O–H groups in total. The van der Waals surface area contributed by atoms with Crippen molar-refractivity contribution in [1.82, 2.24) is 19.5 Å². The van der Waals surface area contributed by atoms with E-state index in [9.17, 15) is 0 Å². The average Bonchev–Trinajstić information content (AvgIpc) is 2.85.